The Morgan fingerprint density at radius 1 is 1.33 bits per heavy atom. The van der Waals surface area contributed by atoms with Crippen molar-refractivity contribution in [3.63, 3.8) is 0 Å². The normalized spacial score (nSPS) is 18.8. The maximum atomic E-state index is 6.01. The summed E-state index contributed by atoms with van der Waals surface area (Å²) in [7, 11) is 1.68. The minimum Gasteiger partial charge on any atom is -0.497 e. The molecule has 1 heterocycles. The Kier molecular flexibility index (Phi) is 6.33. The molecule has 0 aliphatic carbocycles. The first-order valence-electron chi connectivity index (χ1n) is 7.83. The van der Waals surface area contributed by atoms with Crippen LogP contribution in [0.15, 0.2) is 18.2 Å². The van der Waals surface area contributed by atoms with Crippen LogP contribution in [0, 0.1) is 0 Å². The third-order valence-electron chi connectivity index (χ3n) is 3.67. The zero-order valence-corrected chi connectivity index (χ0v) is 13.4. The van der Waals surface area contributed by atoms with Gasteiger partial charge in [0, 0.05) is 30.8 Å². The first kappa shape index (κ1) is 16.1. The Morgan fingerprint density at radius 3 is 2.86 bits per heavy atom. The third kappa shape index (κ3) is 5.21. The molecular formula is C17H27NO3. The van der Waals surface area contributed by atoms with E-state index in [0.29, 0.717) is 12.6 Å². The minimum absolute atomic E-state index is 0.218. The molecule has 1 aliphatic heterocycles. The Labute approximate surface area is 127 Å². The zero-order chi connectivity index (χ0) is 15.1. The largest absolute Gasteiger partial charge is 0.497 e. The van der Waals surface area contributed by atoms with E-state index in [2.05, 4.69) is 25.2 Å². The van der Waals surface area contributed by atoms with Gasteiger partial charge in [-0.15, -0.1) is 0 Å². The molecule has 2 rings (SSSR count). The summed E-state index contributed by atoms with van der Waals surface area (Å²) in [5, 5.41) is 3.43. The van der Waals surface area contributed by atoms with E-state index in [1.807, 2.05) is 12.1 Å². The molecule has 1 aromatic rings. The summed E-state index contributed by atoms with van der Waals surface area (Å²) in [6, 6.07) is 6.44. The van der Waals surface area contributed by atoms with Gasteiger partial charge in [-0.2, -0.15) is 0 Å². The molecule has 4 heteroatoms. The zero-order valence-electron chi connectivity index (χ0n) is 13.4. The number of hydrogen-bond donors (Lipinski definition) is 1. The van der Waals surface area contributed by atoms with Gasteiger partial charge in [-0.3, -0.25) is 0 Å². The molecule has 0 bridgehead atoms. The molecule has 1 aliphatic rings. The molecule has 1 aromatic carbocycles. The summed E-state index contributed by atoms with van der Waals surface area (Å²) >= 11 is 0. The number of benzene rings is 1. The predicted molar refractivity (Wildman–Crippen MR) is 84.1 cm³/mol. The van der Waals surface area contributed by atoms with Gasteiger partial charge in [-0.05, 0) is 25.3 Å². The van der Waals surface area contributed by atoms with Gasteiger partial charge < -0.3 is 19.5 Å². The van der Waals surface area contributed by atoms with Crippen molar-refractivity contribution in [2.24, 2.45) is 0 Å². The fraction of sp³-hybridized carbons (Fsp3) is 0.647. The van der Waals surface area contributed by atoms with Crippen LogP contribution >= 0.6 is 0 Å². The molecule has 1 atom stereocenters. The molecule has 0 saturated carbocycles. The summed E-state index contributed by atoms with van der Waals surface area (Å²) in [6.07, 6.45) is 3.70. The van der Waals surface area contributed by atoms with Gasteiger partial charge in [0.25, 0.3) is 0 Å². The van der Waals surface area contributed by atoms with Crippen molar-refractivity contribution in [2.45, 2.75) is 51.8 Å². The highest BCUT2D eigenvalue weighted by atomic mass is 16.5. The lowest BCUT2D eigenvalue weighted by Gasteiger charge is -2.23. The van der Waals surface area contributed by atoms with Crippen molar-refractivity contribution < 1.29 is 14.2 Å². The van der Waals surface area contributed by atoms with Crippen LogP contribution in [0.4, 0.5) is 0 Å². The molecule has 21 heavy (non-hydrogen) atoms. The lowest BCUT2D eigenvalue weighted by molar-refractivity contribution is -0.0112. The minimum atomic E-state index is 0.218. The Morgan fingerprint density at radius 2 is 2.19 bits per heavy atom. The summed E-state index contributed by atoms with van der Waals surface area (Å²) in [5.74, 6) is 1.71. The van der Waals surface area contributed by atoms with E-state index in [1.54, 1.807) is 7.11 Å². The van der Waals surface area contributed by atoms with E-state index in [4.69, 9.17) is 14.2 Å². The Balaban J connectivity index is 1.99. The first-order valence-corrected chi connectivity index (χ1v) is 7.83. The number of hydrogen-bond acceptors (Lipinski definition) is 4. The van der Waals surface area contributed by atoms with Gasteiger partial charge in [-0.1, -0.05) is 19.9 Å². The average molecular weight is 293 g/mol. The molecule has 0 amide bonds. The SMILES string of the molecule is COc1ccc(CNC(C)C)c(OCC2CCCCO2)c1. The van der Waals surface area contributed by atoms with Gasteiger partial charge in [0.1, 0.15) is 18.1 Å². The summed E-state index contributed by atoms with van der Waals surface area (Å²) in [5.41, 5.74) is 1.15. The van der Waals surface area contributed by atoms with E-state index >= 15 is 0 Å². The van der Waals surface area contributed by atoms with Crippen molar-refractivity contribution >= 4 is 0 Å². The monoisotopic (exact) mass is 293 g/mol. The molecule has 0 spiro atoms. The van der Waals surface area contributed by atoms with Crippen molar-refractivity contribution in [2.75, 3.05) is 20.3 Å². The smallest absolute Gasteiger partial charge is 0.127 e. The number of rotatable bonds is 7. The van der Waals surface area contributed by atoms with Gasteiger partial charge in [0.2, 0.25) is 0 Å². The molecule has 1 unspecified atom stereocenters. The second-order valence-corrected chi connectivity index (χ2v) is 5.81. The highest BCUT2D eigenvalue weighted by Crippen LogP contribution is 2.26. The van der Waals surface area contributed by atoms with Crippen molar-refractivity contribution in [3.8, 4) is 11.5 Å². The van der Waals surface area contributed by atoms with E-state index in [9.17, 15) is 0 Å². The van der Waals surface area contributed by atoms with E-state index in [0.717, 1.165) is 36.6 Å². The lowest BCUT2D eigenvalue weighted by Crippen LogP contribution is -2.26. The second kappa shape index (κ2) is 8.25. The molecular weight excluding hydrogens is 266 g/mol. The van der Waals surface area contributed by atoms with Crippen LogP contribution in [0.1, 0.15) is 38.7 Å². The Hall–Kier alpha value is -1.26. The maximum Gasteiger partial charge on any atom is 0.127 e. The summed E-state index contributed by atoms with van der Waals surface area (Å²) < 4.78 is 17.0. The van der Waals surface area contributed by atoms with Gasteiger partial charge in [0.15, 0.2) is 0 Å². The highest BCUT2D eigenvalue weighted by molar-refractivity contribution is 5.40. The quantitative estimate of drug-likeness (QED) is 0.838. The fourth-order valence-corrected chi connectivity index (χ4v) is 2.38. The molecule has 4 nitrogen and oxygen atoms in total. The lowest BCUT2D eigenvalue weighted by atomic mass is 10.1. The van der Waals surface area contributed by atoms with Gasteiger partial charge in [0.05, 0.1) is 13.2 Å². The molecule has 1 N–H and O–H groups in total. The maximum absolute atomic E-state index is 6.01. The third-order valence-corrected chi connectivity index (χ3v) is 3.67. The van der Waals surface area contributed by atoms with E-state index in [-0.39, 0.29) is 6.10 Å². The Bertz CT molecular complexity index is 428. The van der Waals surface area contributed by atoms with Crippen LogP contribution in [0.25, 0.3) is 0 Å². The number of nitrogens with one attached hydrogen (secondary N) is 1. The fourth-order valence-electron chi connectivity index (χ4n) is 2.38. The van der Waals surface area contributed by atoms with Crippen molar-refractivity contribution in [1.29, 1.82) is 0 Å². The summed E-state index contributed by atoms with van der Waals surface area (Å²) in [4.78, 5) is 0. The van der Waals surface area contributed by atoms with Crippen LogP contribution in [0.5, 0.6) is 11.5 Å². The number of methoxy groups -OCH3 is 1. The van der Waals surface area contributed by atoms with Gasteiger partial charge >= 0.3 is 0 Å². The average Bonchev–Trinajstić information content (AvgIpc) is 2.52. The molecule has 1 saturated heterocycles. The molecule has 0 radical (unpaired) electrons. The van der Waals surface area contributed by atoms with Crippen LogP contribution < -0.4 is 14.8 Å². The van der Waals surface area contributed by atoms with Crippen molar-refractivity contribution in [1.82, 2.24) is 5.32 Å². The van der Waals surface area contributed by atoms with E-state index in [1.165, 1.54) is 12.8 Å². The van der Waals surface area contributed by atoms with E-state index < -0.39 is 0 Å². The topological polar surface area (TPSA) is 39.7 Å². The second-order valence-electron chi connectivity index (χ2n) is 5.81. The van der Waals surface area contributed by atoms with Gasteiger partial charge in [-0.25, -0.2) is 0 Å². The molecule has 0 aromatic heterocycles. The number of ether oxygens (including phenoxy) is 3. The molecule has 118 valence electrons. The van der Waals surface area contributed by atoms with Crippen LogP contribution in [0.2, 0.25) is 0 Å². The highest BCUT2D eigenvalue weighted by Gasteiger charge is 2.15. The predicted octanol–water partition coefficient (Wildman–Crippen LogP) is 3.14. The van der Waals surface area contributed by atoms with Crippen molar-refractivity contribution in [3.05, 3.63) is 23.8 Å². The molecule has 1 fully saturated rings. The summed E-state index contributed by atoms with van der Waals surface area (Å²) in [6.45, 7) is 6.54. The van der Waals surface area contributed by atoms with Crippen LogP contribution in [-0.4, -0.2) is 32.5 Å². The first-order chi connectivity index (χ1) is 10.2. The van der Waals surface area contributed by atoms with Crippen LogP contribution in [0.3, 0.4) is 0 Å². The van der Waals surface area contributed by atoms with Crippen LogP contribution in [-0.2, 0) is 11.3 Å². The standard InChI is InChI=1S/C17H27NO3/c1-13(2)18-11-14-7-8-15(19-3)10-17(14)21-12-16-6-4-5-9-20-16/h7-8,10,13,16,18H,4-6,9,11-12H2,1-3H3.